The quantitative estimate of drug-likeness (QED) is 0.130. The average Bonchev–Trinajstić information content (AvgIpc) is 3.48. The van der Waals surface area contributed by atoms with Crippen LogP contribution in [0.3, 0.4) is 0 Å². The van der Waals surface area contributed by atoms with Crippen LogP contribution < -0.4 is 20.1 Å². The van der Waals surface area contributed by atoms with E-state index in [2.05, 4.69) is 27.8 Å². The highest BCUT2D eigenvalue weighted by molar-refractivity contribution is 8.00. The van der Waals surface area contributed by atoms with Gasteiger partial charge in [0, 0.05) is 17.0 Å². The van der Waals surface area contributed by atoms with Crippen LogP contribution in [0.15, 0.2) is 23.4 Å². The highest BCUT2D eigenvalue weighted by atomic mass is 32.2. The molecule has 1 aliphatic rings. The summed E-state index contributed by atoms with van der Waals surface area (Å²) < 4.78 is 17.9. The number of nitrogens with one attached hydrogen (secondary N) is 2. The Balaban J connectivity index is 1.47. The second-order valence-corrected chi connectivity index (χ2v) is 12.8. The minimum atomic E-state index is -0.522. The average molecular weight is 644 g/mol. The number of carbonyl (C=O) groups excluding carboxylic acids is 3. The van der Waals surface area contributed by atoms with E-state index in [4.69, 9.17) is 14.2 Å². The topological polar surface area (TPSA) is 134 Å². The number of methoxy groups -OCH3 is 2. The Hall–Kier alpha value is -3.58. The van der Waals surface area contributed by atoms with Gasteiger partial charge in [-0.05, 0) is 69.7 Å². The van der Waals surface area contributed by atoms with Crippen LogP contribution in [0.4, 0.5) is 5.00 Å². The molecule has 3 aromatic rings. The molecule has 1 aromatic carbocycles. The number of hydrogen-bond donors (Lipinski definition) is 2. The Labute approximate surface area is 266 Å². The summed E-state index contributed by atoms with van der Waals surface area (Å²) in [6, 6.07) is 4.97. The van der Waals surface area contributed by atoms with Gasteiger partial charge in [-0.3, -0.25) is 9.59 Å². The van der Waals surface area contributed by atoms with E-state index in [0.717, 1.165) is 55.4 Å². The monoisotopic (exact) mass is 643 g/mol. The molecule has 238 valence electrons. The summed E-state index contributed by atoms with van der Waals surface area (Å²) in [5.74, 6) is 0.685. The predicted molar refractivity (Wildman–Crippen MR) is 171 cm³/mol. The molecule has 44 heavy (non-hydrogen) atoms. The summed E-state index contributed by atoms with van der Waals surface area (Å²) in [6.07, 6.45) is 6.76. The minimum Gasteiger partial charge on any atom is -0.493 e. The van der Waals surface area contributed by atoms with Gasteiger partial charge in [-0.1, -0.05) is 31.5 Å². The zero-order valence-electron chi connectivity index (χ0n) is 26.0. The van der Waals surface area contributed by atoms with E-state index in [9.17, 15) is 14.4 Å². The number of thiophene rings is 1. The van der Waals surface area contributed by atoms with E-state index < -0.39 is 5.25 Å². The van der Waals surface area contributed by atoms with E-state index in [-0.39, 0.29) is 30.9 Å². The molecular formula is C31H41N5O6S2. The second kappa shape index (κ2) is 15.9. The molecule has 0 radical (unpaired) electrons. The second-order valence-electron chi connectivity index (χ2n) is 10.4. The van der Waals surface area contributed by atoms with E-state index in [1.807, 2.05) is 4.57 Å². The minimum absolute atomic E-state index is 0.161. The molecular weight excluding hydrogens is 603 g/mol. The molecule has 0 fully saturated rings. The van der Waals surface area contributed by atoms with Crippen molar-refractivity contribution < 1.29 is 28.6 Å². The van der Waals surface area contributed by atoms with Crippen LogP contribution >= 0.6 is 23.1 Å². The van der Waals surface area contributed by atoms with E-state index in [0.29, 0.717) is 45.2 Å². The Kier molecular flexibility index (Phi) is 12.1. The van der Waals surface area contributed by atoms with Gasteiger partial charge in [0.2, 0.25) is 5.91 Å². The lowest BCUT2D eigenvalue weighted by Gasteiger charge is -2.14. The molecule has 2 heterocycles. The van der Waals surface area contributed by atoms with Crippen molar-refractivity contribution in [2.45, 2.75) is 89.2 Å². The van der Waals surface area contributed by atoms with Crippen LogP contribution in [0.2, 0.25) is 0 Å². The molecule has 0 spiro atoms. The SMILES string of the molecule is CCCCn1c(CNC(=O)c2ccc(OC)c(OC)c2)nnc1SC(C)C(=O)Nc1sc2c(c1C(=O)OCC)CCCCC2. The number of esters is 1. The van der Waals surface area contributed by atoms with Crippen LogP contribution in [0.25, 0.3) is 0 Å². The van der Waals surface area contributed by atoms with Crippen molar-refractivity contribution >= 4 is 45.9 Å². The van der Waals surface area contributed by atoms with Crippen LogP contribution in [-0.2, 0) is 35.5 Å². The summed E-state index contributed by atoms with van der Waals surface area (Å²) in [5, 5.41) is 15.3. The first-order valence-electron chi connectivity index (χ1n) is 15.0. The van der Waals surface area contributed by atoms with E-state index in [1.165, 1.54) is 37.3 Å². The highest BCUT2D eigenvalue weighted by Crippen LogP contribution is 2.38. The standard InChI is InChI=1S/C31H41N5O6S2/c1-6-8-16-36-25(18-32-28(38)20-14-15-22(40-4)23(17-20)41-5)34-35-31(36)43-19(3)27(37)33-29-26(30(39)42-7-2)21-12-10-9-11-13-24(21)44-29/h14-15,17,19H,6-13,16,18H2,1-5H3,(H,32,38)(H,33,37). The molecule has 2 aromatic heterocycles. The van der Waals surface area contributed by atoms with E-state index in [1.54, 1.807) is 32.0 Å². The van der Waals surface area contributed by atoms with Gasteiger partial charge in [-0.2, -0.15) is 0 Å². The van der Waals surface area contributed by atoms with Gasteiger partial charge in [0.05, 0.1) is 38.2 Å². The largest absolute Gasteiger partial charge is 0.493 e. The number of hydrogen-bond acceptors (Lipinski definition) is 10. The number of rotatable bonds is 14. The number of thioether (sulfide) groups is 1. The predicted octanol–water partition coefficient (Wildman–Crippen LogP) is 5.65. The number of ether oxygens (including phenoxy) is 3. The first-order valence-corrected chi connectivity index (χ1v) is 16.7. The normalized spacial score (nSPS) is 13.4. The molecule has 0 saturated carbocycles. The summed E-state index contributed by atoms with van der Waals surface area (Å²) in [5.41, 5.74) is 1.94. The zero-order valence-corrected chi connectivity index (χ0v) is 27.6. The number of carbonyl (C=O) groups is 3. The van der Waals surface area contributed by atoms with Gasteiger partial charge >= 0.3 is 5.97 Å². The van der Waals surface area contributed by atoms with Crippen molar-refractivity contribution in [2.75, 3.05) is 26.1 Å². The maximum Gasteiger partial charge on any atom is 0.341 e. The highest BCUT2D eigenvalue weighted by Gasteiger charge is 2.28. The Bertz CT molecular complexity index is 1470. The van der Waals surface area contributed by atoms with Crippen LogP contribution in [0.1, 0.15) is 89.9 Å². The molecule has 2 N–H and O–H groups in total. The van der Waals surface area contributed by atoms with Gasteiger partial charge in [0.1, 0.15) is 5.00 Å². The summed E-state index contributed by atoms with van der Waals surface area (Å²) in [6.45, 7) is 6.76. The fraction of sp³-hybridized carbons (Fsp3) is 0.516. The summed E-state index contributed by atoms with van der Waals surface area (Å²) >= 11 is 2.78. The zero-order chi connectivity index (χ0) is 31.6. The van der Waals surface area contributed by atoms with E-state index >= 15 is 0 Å². The van der Waals surface area contributed by atoms with Crippen molar-refractivity contribution in [3.8, 4) is 11.5 Å². The first kappa shape index (κ1) is 33.3. The molecule has 0 aliphatic heterocycles. The van der Waals surface area contributed by atoms with Gasteiger partial charge < -0.3 is 29.4 Å². The number of fused-ring (bicyclic) bond motifs is 1. The molecule has 1 aliphatic carbocycles. The maximum atomic E-state index is 13.4. The van der Waals surface area contributed by atoms with Crippen LogP contribution in [0, 0.1) is 0 Å². The van der Waals surface area contributed by atoms with Gasteiger partial charge in [-0.25, -0.2) is 4.79 Å². The Morgan fingerprint density at radius 1 is 1.07 bits per heavy atom. The number of amides is 2. The molecule has 13 heteroatoms. The number of aryl methyl sites for hydroxylation is 1. The first-order chi connectivity index (χ1) is 21.3. The number of nitrogens with zero attached hydrogens (tertiary/aromatic N) is 3. The third-order valence-electron chi connectivity index (χ3n) is 7.37. The lowest BCUT2D eigenvalue weighted by molar-refractivity contribution is -0.115. The molecule has 0 saturated heterocycles. The molecule has 4 rings (SSSR count). The molecule has 2 amide bonds. The molecule has 0 bridgehead atoms. The lowest BCUT2D eigenvalue weighted by Crippen LogP contribution is -2.25. The van der Waals surface area contributed by atoms with Gasteiger partial charge in [-0.15, -0.1) is 21.5 Å². The van der Waals surface area contributed by atoms with Crippen molar-refractivity contribution in [3.05, 3.63) is 45.6 Å². The summed E-state index contributed by atoms with van der Waals surface area (Å²) in [4.78, 5) is 40.4. The smallest absolute Gasteiger partial charge is 0.341 e. The molecule has 1 atom stereocenters. The van der Waals surface area contributed by atoms with Crippen molar-refractivity contribution in [3.63, 3.8) is 0 Å². The fourth-order valence-corrected chi connectivity index (χ4v) is 7.17. The number of unbranched alkanes of at least 4 members (excludes halogenated alkanes) is 1. The molecule has 11 nitrogen and oxygen atoms in total. The number of aromatic nitrogens is 3. The third kappa shape index (κ3) is 7.92. The van der Waals surface area contributed by atoms with Crippen molar-refractivity contribution in [2.24, 2.45) is 0 Å². The van der Waals surface area contributed by atoms with Gasteiger partial charge in [0.15, 0.2) is 22.5 Å². The maximum absolute atomic E-state index is 13.4. The lowest BCUT2D eigenvalue weighted by atomic mass is 10.1. The Morgan fingerprint density at radius 3 is 2.57 bits per heavy atom. The Morgan fingerprint density at radius 2 is 1.84 bits per heavy atom. The number of anilines is 1. The third-order valence-corrected chi connectivity index (χ3v) is 9.66. The van der Waals surface area contributed by atoms with Crippen LogP contribution in [-0.4, -0.2) is 58.6 Å². The van der Waals surface area contributed by atoms with Crippen molar-refractivity contribution in [1.29, 1.82) is 0 Å². The molecule has 1 unspecified atom stereocenters. The number of benzene rings is 1. The van der Waals surface area contributed by atoms with Crippen LogP contribution in [0.5, 0.6) is 11.5 Å². The summed E-state index contributed by atoms with van der Waals surface area (Å²) in [7, 11) is 3.06. The van der Waals surface area contributed by atoms with Crippen molar-refractivity contribution in [1.82, 2.24) is 20.1 Å². The fourth-order valence-electron chi connectivity index (χ4n) is 4.99. The van der Waals surface area contributed by atoms with Gasteiger partial charge in [0.25, 0.3) is 5.91 Å².